The van der Waals surface area contributed by atoms with Crippen LogP contribution < -0.4 is 0 Å². The molecular formula is C16H27NO3. The van der Waals surface area contributed by atoms with Crippen LogP contribution in [0, 0.1) is 17.8 Å². The van der Waals surface area contributed by atoms with Gasteiger partial charge in [-0.05, 0) is 31.6 Å². The van der Waals surface area contributed by atoms with Crippen molar-refractivity contribution in [3.8, 4) is 0 Å². The van der Waals surface area contributed by atoms with E-state index in [2.05, 4.69) is 6.92 Å². The van der Waals surface area contributed by atoms with E-state index in [1.165, 1.54) is 25.7 Å². The minimum atomic E-state index is -0.758. The van der Waals surface area contributed by atoms with E-state index in [1.807, 2.05) is 4.90 Å². The smallest absolute Gasteiger partial charge is 0.308 e. The van der Waals surface area contributed by atoms with Crippen LogP contribution in [0.5, 0.6) is 0 Å². The highest BCUT2D eigenvalue weighted by Gasteiger charge is 2.32. The molecule has 1 amide bonds. The maximum atomic E-state index is 12.6. The molecule has 1 aliphatic carbocycles. The molecular weight excluding hydrogens is 254 g/mol. The van der Waals surface area contributed by atoms with Crippen molar-refractivity contribution in [2.45, 2.75) is 58.3 Å². The lowest BCUT2D eigenvalue weighted by Gasteiger charge is -2.33. The molecule has 2 aliphatic rings. The van der Waals surface area contributed by atoms with Gasteiger partial charge < -0.3 is 10.0 Å². The van der Waals surface area contributed by atoms with Gasteiger partial charge in [-0.2, -0.15) is 0 Å². The molecule has 0 aromatic rings. The Kier molecular flexibility index (Phi) is 5.44. The predicted molar refractivity (Wildman–Crippen MR) is 77.3 cm³/mol. The highest BCUT2D eigenvalue weighted by molar-refractivity contribution is 5.80. The topological polar surface area (TPSA) is 57.6 Å². The average Bonchev–Trinajstić information content (AvgIpc) is 2.97. The van der Waals surface area contributed by atoms with Gasteiger partial charge >= 0.3 is 5.97 Å². The molecule has 1 N–H and O–H groups in total. The summed E-state index contributed by atoms with van der Waals surface area (Å²) in [7, 11) is 0. The maximum Gasteiger partial charge on any atom is 0.308 e. The van der Waals surface area contributed by atoms with Gasteiger partial charge in [0.15, 0.2) is 0 Å². The number of hydrogen-bond donors (Lipinski definition) is 1. The van der Waals surface area contributed by atoms with Gasteiger partial charge in [-0.25, -0.2) is 0 Å². The third kappa shape index (κ3) is 3.74. The number of nitrogens with zero attached hydrogens (tertiary/aromatic N) is 1. The van der Waals surface area contributed by atoms with Crippen LogP contribution in [0.3, 0.4) is 0 Å². The normalized spacial score (nSPS) is 25.6. The average molecular weight is 281 g/mol. The number of carbonyl (C=O) groups is 2. The Hall–Kier alpha value is -1.06. The molecule has 2 unspecified atom stereocenters. The van der Waals surface area contributed by atoms with E-state index in [1.54, 1.807) is 0 Å². The number of carboxylic acids is 1. The molecule has 1 aliphatic heterocycles. The molecule has 1 saturated heterocycles. The number of carbonyl (C=O) groups excluding carboxylic acids is 1. The predicted octanol–water partition coefficient (Wildman–Crippen LogP) is 2.92. The van der Waals surface area contributed by atoms with Crippen molar-refractivity contribution in [1.82, 2.24) is 4.90 Å². The molecule has 2 atom stereocenters. The summed E-state index contributed by atoms with van der Waals surface area (Å²) in [5.74, 6) is -0.108. The largest absolute Gasteiger partial charge is 0.481 e. The Balaban J connectivity index is 1.91. The Bertz CT molecular complexity index is 350. The second-order valence-electron chi connectivity index (χ2n) is 6.45. The second-order valence-corrected chi connectivity index (χ2v) is 6.45. The lowest BCUT2D eigenvalue weighted by atomic mass is 9.89. The van der Waals surface area contributed by atoms with E-state index in [0.717, 1.165) is 25.8 Å². The molecule has 4 heteroatoms. The summed E-state index contributed by atoms with van der Waals surface area (Å²) in [5.41, 5.74) is 0. The summed E-state index contributed by atoms with van der Waals surface area (Å²) in [6.45, 7) is 3.23. The fourth-order valence-corrected chi connectivity index (χ4v) is 3.73. The van der Waals surface area contributed by atoms with Gasteiger partial charge in [-0.15, -0.1) is 0 Å². The van der Waals surface area contributed by atoms with Crippen LogP contribution in [-0.4, -0.2) is 35.0 Å². The van der Waals surface area contributed by atoms with E-state index >= 15 is 0 Å². The van der Waals surface area contributed by atoms with Crippen molar-refractivity contribution in [2.24, 2.45) is 17.8 Å². The lowest BCUT2D eigenvalue weighted by Crippen LogP contribution is -2.45. The Morgan fingerprint density at radius 2 is 1.90 bits per heavy atom. The van der Waals surface area contributed by atoms with Crippen LogP contribution in [0.2, 0.25) is 0 Å². The van der Waals surface area contributed by atoms with Crippen molar-refractivity contribution in [1.29, 1.82) is 0 Å². The minimum Gasteiger partial charge on any atom is -0.481 e. The van der Waals surface area contributed by atoms with Crippen LogP contribution in [0.15, 0.2) is 0 Å². The van der Waals surface area contributed by atoms with Crippen molar-refractivity contribution in [3.05, 3.63) is 0 Å². The van der Waals surface area contributed by atoms with Crippen molar-refractivity contribution >= 4 is 11.9 Å². The summed E-state index contributed by atoms with van der Waals surface area (Å²) in [6.07, 6.45) is 8.55. The van der Waals surface area contributed by atoms with E-state index in [0.29, 0.717) is 18.9 Å². The highest BCUT2D eigenvalue weighted by Crippen LogP contribution is 2.32. The number of aliphatic carboxylic acids is 1. The number of amides is 1. The van der Waals surface area contributed by atoms with Crippen LogP contribution >= 0.6 is 0 Å². The van der Waals surface area contributed by atoms with Gasteiger partial charge in [0.05, 0.1) is 5.92 Å². The first-order valence-electron chi connectivity index (χ1n) is 8.13. The highest BCUT2D eigenvalue weighted by atomic mass is 16.4. The molecule has 2 rings (SSSR count). The summed E-state index contributed by atoms with van der Waals surface area (Å²) in [4.78, 5) is 25.5. The molecule has 0 aromatic heterocycles. The summed E-state index contributed by atoms with van der Waals surface area (Å²) in [6, 6.07) is 0. The zero-order valence-corrected chi connectivity index (χ0v) is 12.5. The molecule has 4 nitrogen and oxygen atoms in total. The zero-order valence-electron chi connectivity index (χ0n) is 12.5. The molecule has 2 fully saturated rings. The number of rotatable bonds is 5. The number of hydrogen-bond acceptors (Lipinski definition) is 2. The quantitative estimate of drug-likeness (QED) is 0.843. The van der Waals surface area contributed by atoms with Gasteiger partial charge in [0, 0.05) is 19.0 Å². The van der Waals surface area contributed by atoms with Crippen LogP contribution in [0.25, 0.3) is 0 Å². The number of likely N-dealkylation sites (tertiary alicyclic amines) is 1. The lowest BCUT2D eigenvalue weighted by molar-refractivity contribution is -0.147. The molecule has 0 bridgehead atoms. The third-order valence-corrected chi connectivity index (χ3v) is 5.02. The van der Waals surface area contributed by atoms with E-state index in [4.69, 9.17) is 5.11 Å². The van der Waals surface area contributed by atoms with Crippen molar-refractivity contribution in [3.63, 3.8) is 0 Å². The first kappa shape index (κ1) is 15.3. The Morgan fingerprint density at radius 1 is 1.20 bits per heavy atom. The van der Waals surface area contributed by atoms with Crippen molar-refractivity contribution < 1.29 is 14.7 Å². The summed E-state index contributed by atoms with van der Waals surface area (Å²) >= 11 is 0. The second kappa shape index (κ2) is 7.09. The van der Waals surface area contributed by atoms with Crippen LogP contribution in [-0.2, 0) is 9.59 Å². The molecule has 0 radical (unpaired) electrons. The molecule has 114 valence electrons. The fourth-order valence-electron chi connectivity index (χ4n) is 3.73. The zero-order chi connectivity index (χ0) is 14.5. The molecule has 1 heterocycles. The van der Waals surface area contributed by atoms with Gasteiger partial charge in [0.25, 0.3) is 0 Å². The van der Waals surface area contributed by atoms with Gasteiger partial charge in [-0.1, -0.05) is 32.6 Å². The van der Waals surface area contributed by atoms with E-state index in [-0.39, 0.29) is 17.7 Å². The summed E-state index contributed by atoms with van der Waals surface area (Å²) < 4.78 is 0. The standard InChI is InChI=1S/C16H27NO3/c1-2-13(10-12-6-3-4-7-12)15(18)17-9-5-8-14(11-17)16(19)20/h12-14H,2-11H2,1H3,(H,19,20). The molecule has 1 saturated carbocycles. The Morgan fingerprint density at radius 3 is 2.50 bits per heavy atom. The van der Waals surface area contributed by atoms with E-state index < -0.39 is 5.97 Å². The van der Waals surface area contributed by atoms with E-state index in [9.17, 15) is 9.59 Å². The SMILES string of the molecule is CCC(CC1CCCC1)C(=O)N1CCCC(C(=O)O)C1. The number of piperidine rings is 1. The third-order valence-electron chi connectivity index (χ3n) is 5.02. The summed E-state index contributed by atoms with van der Waals surface area (Å²) in [5, 5.41) is 9.13. The van der Waals surface area contributed by atoms with Gasteiger partial charge in [0.1, 0.15) is 0 Å². The fraction of sp³-hybridized carbons (Fsp3) is 0.875. The monoisotopic (exact) mass is 281 g/mol. The molecule has 0 aromatic carbocycles. The first-order valence-corrected chi connectivity index (χ1v) is 8.13. The minimum absolute atomic E-state index is 0.102. The van der Waals surface area contributed by atoms with Gasteiger partial charge in [0.2, 0.25) is 5.91 Å². The molecule has 0 spiro atoms. The van der Waals surface area contributed by atoms with Crippen LogP contribution in [0.1, 0.15) is 58.3 Å². The molecule has 20 heavy (non-hydrogen) atoms. The maximum absolute atomic E-state index is 12.6. The number of carboxylic acid groups (broad SMARTS) is 1. The van der Waals surface area contributed by atoms with Crippen molar-refractivity contribution in [2.75, 3.05) is 13.1 Å². The Labute approximate surface area is 121 Å². The van der Waals surface area contributed by atoms with Crippen LogP contribution in [0.4, 0.5) is 0 Å². The first-order chi connectivity index (χ1) is 9.61. The van der Waals surface area contributed by atoms with Gasteiger partial charge in [-0.3, -0.25) is 9.59 Å².